The van der Waals surface area contributed by atoms with Crippen LogP contribution in [0.4, 0.5) is 0 Å². The molecule has 1 aliphatic heterocycles. The molecule has 0 aromatic heterocycles. The lowest BCUT2D eigenvalue weighted by molar-refractivity contribution is -0.293. The Balaban J connectivity index is 1.32. The van der Waals surface area contributed by atoms with Crippen molar-refractivity contribution in [2.75, 3.05) is 6.61 Å². The summed E-state index contributed by atoms with van der Waals surface area (Å²) < 4.78 is 10.5. The van der Waals surface area contributed by atoms with Crippen molar-refractivity contribution >= 4 is 11.8 Å². The summed E-state index contributed by atoms with van der Waals surface area (Å²) in [7, 11) is 0. The maximum Gasteiger partial charge on any atom is 0.335 e. The van der Waals surface area contributed by atoms with Crippen LogP contribution in [0.3, 0.4) is 0 Å². The van der Waals surface area contributed by atoms with Gasteiger partial charge in [0.05, 0.1) is 12.2 Å². The largest absolute Gasteiger partial charge is 0.479 e. The summed E-state index contributed by atoms with van der Waals surface area (Å²) in [6.07, 6.45) is -4.90. The van der Waals surface area contributed by atoms with Gasteiger partial charge in [0.1, 0.15) is 30.5 Å². The van der Waals surface area contributed by atoms with Crippen molar-refractivity contribution in [3.8, 4) is 0 Å². The molecule has 7 N–H and O–H groups in total. The van der Waals surface area contributed by atoms with Gasteiger partial charge in [-0.3, -0.25) is 4.79 Å². The molecule has 0 aromatic rings. The van der Waals surface area contributed by atoms with E-state index < -0.39 is 66.2 Å². The van der Waals surface area contributed by atoms with E-state index in [4.69, 9.17) is 9.47 Å². The Labute approximate surface area is 221 Å². The third-order valence-corrected chi connectivity index (χ3v) is 11.4. The quantitative estimate of drug-likeness (QED) is 0.238. The lowest BCUT2D eigenvalue weighted by Gasteiger charge is -2.62. The molecule has 1 unspecified atom stereocenters. The number of aliphatic hydroxyl groups is 6. The molecule has 0 aromatic carbocycles. The lowest BCUT2D eigenvalue weighted by Crippen LogP contribution is -2.63. The number of ketones is 1. The third kappa shape index (κ3) is 4.08. The summed E-state index contributed by atoms with van der Waals surface area (Å²) >= 11 is 0. The van der Waals surface area contributed by atoms with Crippen LogP contribution in [0.2, 0.25) is 0 Å². The molecule has 5 aliphatic rings. The highest BCUT2D eigenvalue weighted by Gasteiger charge is 2.68. The Hall–Kier alpha value is -1.18. The zero-order valence-corrected chi connectivity index (χ0v) is 22.0. The molecule has 5 rings (SSSR count). The average molecular weight is 543 g/mol. The van der Waals surface area contributed by atoms with E-state index in [1.165, 1.54) is 0 Å². The summed E-state index contributed by atoms with van der Waals surface area (Å²) in [6, 6.07) is 0. The van der Waals surface area contributed by atoms with Crippen LogP contribution in [0, 0.1) is 34.5 Å². The van der Waals surface area contributed by atoms with Crippen molar-refractivity contribution in [3.63, 3.8) is 0 Å². The normalized spacial score (nSPS) is 54.5. The molecule has 216 valence electrons. The van der Waals surface area contributed by atoms with E-state index in [-0.39, 0.29) is 42.1 Å². The van der Waals surface area contributed by atoms with E-state index in [2.05, 4.69) is 6.92 Å². The number of carboxylic acid groups (broad SMARTS) is 1. The number of carbonyl (C=O) groups excluding carboxylic acids is 1. The first-order valence-corrected chi connectivity index (χ1v) is 13.9. The first-order chi connectivity index (χ1) is 17.7. The second-order valence-corrected chi connectivity index (χ2v) is 13.1. The predicted octanol–water partition coefficient (Wildman–Crippen LogP) is -0.430. The molecule has 1 heterocycles. The second kappa shape index (κ2) is 9.73. The van der Waals surface area contributed by atoms with Gasteiger partial charge in [-0.15, -0.1) is 0 Å². The van der Waals surface area contributed by atoms with E-state index in [0.717, 1.165) is 25.7 Å². The van der Waals surface area contributed by atoms with Gasteiger partial charge in [-0.25, -0.2) is 4.79 Å². The summed E-state index contributed by atoms with van der Waals surface area (Å²) in [5.41, 5.74) is -2.80. The van der Waals surface area contributed by atoms with Gasteiger partial charge in [0.15, 0.2) is 18.2 Å². The van der Waals surface area contributed by atoms with Crippen LogP contribution in [0.15, 0.2) is 0 Å². The van der Waals surface area contributed by atoms with E-state index in [1.54, 1.807) is 0 Å². The molecule has 14 atom stereocenters. The van der Waals surface area contributed by atoms with E-state index in [0.29, 0.717) is 18.8 Å². The molecule has 0 amide bonds. The smallest absolute Gasteiger partial charge is 0.335 e. The molecule has 11 nitrogen and oxygen atoms in total. The van der Waals surface area contributed by atoms with Crippen molar-refractivity contribution < 1.29 is 54.8 Å². The molecule has 38 heavy (non-hydrogen) atoms. The number of hydrogen-bond acceptors (Lipinski definition) is 10. The molecule has 4 saturated carbocycles. The number of fused-ring (bicyclic) bond motifs is 5. The minimum atomic E-state index is -1.88. The molecule has 0 radical (unpaired) electrons. The fourth-order valence-corrected chi connectivity index (χ4v) is 9.29. The van der Waals surface area contributed by atoms with Gasteiger partial charge in [-0.05, 0) is 80.5 Å². The van der Waals surface area contributed by atoms with Gasteiger partial charge in [0.25, 0.3) is 0 Å². The van der Waals surface area contributed by atoms with E-state index in [1.807, 2.05) is 6.92 Å². The Morgan fingerprint density at radius 1 is 0.947 bits per heavy atom. The number of carbonyl (C=O) groups is 2. The first kappa shape index (κ1) is 28.4. The highest BCUT2D eigenvalue weighted by molar-refractivity contribution is 5.89. The average Bonchev–Trinajstić information content (AvgIpc) is 3.13. The molecule has 11 heteroatoms. The lowest BCUT2D eigenvalue weighted by atomic mass is 9.43. The van der Waals surface area contributed by atoms with Crippen LogP contribution in [0.1, 0.15) is 65.2 Å². The zero-order valence-electron chi connectivity index (χ0n) is 22.0. The van der Waals surface area contributed by atoms with Crippen LogP contribution in [-0.4, -0.2) is 103 Å². The predicted molar refractivity (Wildman–Crippen MR) is 129 cm³/mol. The van der Waals surface area contributed by atoms with Crippen molar-refractivity contribution in [3.05, 3.63) is 0 Å². The molecule has 4 aliphatic carbocycles. The minimum Gasteiger partial charge on any atom is -0.479 e. The Kier molecular flexibility index (Phi) is 7.26. The molecule has 5 fully saturated rings. The molecule has 0 bridgehead atoms. The first-order valence-electron chi connectivity index (χ1n) is 13.9. The fraction of sp³-hybridized carbons (Fsp3) is 0.926. The fourth-order valence-electron chi connectivity index (χ4n) is 9.29. The van der Waals surface area contributed by atoms with Gasteiger partial charge in [-0.1, -0.05) is 13.8 Å². The highest BCUT2D eigenvalue weighted by atomic mass is 16.7. The summed E-state index contributed by atoms with van der Waals surface area (Å²) in [5.74, 6) is -1.69. The molecular weight excluding hydrogens is 500 g/mol. The van der Waals surface area contributed by atoms with Crippen molar-refractivity contribution in [1.29, 1.82) is 0 Å². The number of hydrogen-bond donors (Lipinski definition) is 7. The standard InChI is InChI=1S/C27H42O11/c1-25-7-5-13(28)9-12(25)3-4-14-15-6-8-27(36,26(15,2)10-16(29)18(14)25)17(30)11-37-24-21(33)19(31)20(32)22(38-24)23(34)35/h12-16,18-22,24,28-29,31-33,36H,3-11H2,1-2H3,(H,34,35)/t12?,13-,14+,15+,16+,18-,19+,20+,21-,22+,24-,25+,26+,27+/m1/s1. The van der Waals surface area contributed by atoms with Crippen LogP contribution < -0.4 is 0 Å². The van der Waals surface area contributed by atoms with Crippen molar-refractivity contribution in [2.24, 2.45) is 34.5 Å². The summed E-state index contributed by atoms with van der Waals surface area (Å²) in [4.78, 5) is 24.8. The van der Waals surface area contributed by atoms with Gasteiger partial charge in [0, 0.05) is 5.41 Å². The number of carboxylic acids is 1. The number of Topliss-reactive ketones (excluding diaryl/α,β-unsaturated/α-hetero) is 1. The zero-order chi connectivity index (χ0) is 27.8. The minimum absolute atomic E-state index is 0.0133. The van der Waals surface area contributed by atoms with E-state index >= 15 is 0 Å². The van der Waals surface area contributed by atoms with Crippen molar-refractivity contribution in [1.82, 2.24) is 0 Å². The number of rotatable bonds is 5. The van der Waals surface area contributed by atoms with Gasteiger partial charge in [-0.2, -0.15) is 0 Å². The monoisotopic (exact) mass is 542 g/mol. The molecule has 0 spiro atoms. The SMILES string of the molecule is C[C@]12CC[C@@H](O)CC1CC[C@@H]1[C@@H]2[C@@H](O)C[C@@]2(C)[C@H]1CC[C@]2(O)C(=O)CO[C@@H]1O[C@H](C(=O)O)[C@@H](O)[C@H](O)[C@H]1O. The molecular formula is C27H42O11. The summed E-state index contributed by atoms with van der Waals surface area (Å²) in [5, 5.41) is 72.9. The van der Waals surface area contributed by atoms with Crippen molar-refractivity contribution in [2.45, 2.75) is 114 Å². The van der Waals surface area contributed by atoms with E-state index in [9.17, 15) is 45.3 Å². The van der Waals surface area contributed by atoms with Gasteiger partial charge in [0.2, 0.25) is 0 Å². The second-order valence-electron chi connectivity index (χ2n) is 13.1. The van der Waals surface area contributed by atoms with Crippen LogP contribution in [-0.2, 0) is 19.1 Å². The van der Waals surface area contributed by atoms with Gasteiger partial charge < -0.3 is 45.2 Å². The maximum absolute atomic E-state index is 13.5. The number of aliphatic hydroxyl groups excluding tert-OH is 5. The Morgan fingerprint density at radius 3 is 2.34 bits per heavy atom. The number of aliphatic carboxylic acids is 1. The molecule has 1 saturated heterocycles. The van der Waals surface area contributed by atoms with Crippen LogP contribution in [0.5, 0.6) is 0 Å². The summed E-state index contributed by atoms with van der Waals surface area (Å²) in [6.45, 7) is 3.39. The topological polar surface area (TPSA) is 194 Å². The number of ether oxygens (including phenoxy) is 2. The Morgan fingerprint density at radius 2 is 1.66 bits per heavy atom. The van der Waals surface area contributed by atoms with Crippen LogP contribution >= 0.6 is 0 Å². The third-order valence-electron chi connectivity index (χ3n) is 11.4. The van der Waals surface area contributed by atoms with Crippen LogP contribution in [0.25, 0.3) is 0 Å². The van der Waals surface area contributed by atoms with Gasteiger partial charge >= 0.3 is 5.97 Å². The maximum atomic E-state index is 13.5. The Bertz CT molecular complexity index is 944. The highest BCUT2D eigenvalue weighted by Crippen LogP contribution is 2.68.